The number of benzene rings is 1. The van der Waals surface area contributed by atoms with E-state index in [1.807, 2.05) is 37.2 Å². The molecule has 3 rings (SSSR count). The smallest absolute Gasteiger partial charge is 0.194 e. The minimum atomic E-state index is 0. The molecule has 0 unspecified atom stereocenters. The summed E-state index contributed by atoms with van der Waals surface area (Å²) < 4.78 is 7.86. The van der Waals surface area contributed by atoms with Crippen LogP contribution >= 0.6 is 24.0 Å². The van der Waals surface area contributed by atoms with Crippen LogP contribution in [0.4, 0.5) is 0 Å². The first kappa shape index (κ1) is 20.5. The molecule has 2 aromatic rings. The van der Waals surface area contributed by atoms with E-state index in [9.17, 15) is 0 Å². The van der Waals surface area contributed by atoms with Crippen LogP contribution in [0.15, 0.2) is 35.6 Å². The summed E-state index contributed by atoms with van der Waals surface area (Å²) in [4.78, 5) is 10.7. The maximum Gasteiger partial charge on any atom is 0.194 e. The standard InChI is InChI=1S/C18H26N6O.HI/c1-19-18(23(2)12-17-21-13-22-24(17)3)20-11-14-7-4-5-10-16(14)25-15-8-6-9-15;/h4-5,7,10,13,15H,6,8-9,11-12H2,1-3H3,(H,19,20);1H. The van der Waals surface area contributed by atoms with Gasteiger partial charge >= 0.3 is 0 Å². The Hall–Kier alpha value is -1.84. The molecule has 26 heavy (non-hydrogen) atoms. The molecule has 1 heterocycles. The van der Waals surface area contributed by atoms with Crippen molar-refractivity contribution in [1.29, 1.82) is 0 Å². The van der Waals surface area contributed by atoms with E-state index in [4.69, 9.17) is 4.74 Å². The SMILES string of the molecule is CN=C(NCc1ccccc1OC1CCC1)N(C)Cc1ncnn1C.I. The molecule has 1 aliphatic carbocycles. The molecule has 0 amide bonds. The normalized spacial score (nSPS) is 14.3. The van der Waals surface area contributed by atoms with Gasteiger partial charge in [0.15, 0.2) is 5.96 Å². The van der Waals surface area contributed by atoms with Gasteiger partial charge in [-0.3, -0.25) is 9.67 Å². The van der Waals surface area contributed by atoms with Crippen molar-refractivity contribution in [3.63, 3.8) is 0 Å². The van der Waals surface area contributed by atoms with E-state index in [0.29, 0.717) is 19.2 Å². The number of aliphatic imine (C=N–C) groups is 1. The molecule has 0 atom stereocenters. The van der Waals surface area contributed by atoms with Crippen LogP contribution in [0, 0.1) is 0 Å². The van der Waals surface area contributed by atoms with E-state index in [-0.39, 0.29) is 24.0 Å². The number of hydrogen-bond donors (Lipinski definition) is 1. The molecular weight excluding hydrogens is 443 g/mol. The Kier molecular flexibility index (Phi) is 7.67. The Labute approximate surface area is 171 Å². The summed E-state index contributed by atoms with van der Waals surface area (Å²) in [6, 6.07) is 8.20. The quantitative estimate of drug-likeness (QED) is 0.400. The average Bonchev–Trinajstić information content (AvgIpc) is 2.97. The zero-order valence-corrected chi connectivity index (χ0v) is 17.9. The number of nitrogens with one attached hydrogen (secondary N) is 1. The number of rotatable bonds is 6. The first-order valence-electron chi connectivity index (χ1n) is 8.66. The van der Waals surface area contributed by atoms with Crippen molar-refractivity contribution in [3.05, 3.63) is 42.0 Å². The lowest BCUT2D eigenvalue weighted by molar-refractivity contribution is 0.119. The maximum absolute atomic E-state index is 6.09. The highest BCUT2D eigenvalue weighted by atomic mass is 127. The highest BCUT2D eigenvalue weighted by molar-refractivity contribution is 14.0. The monoisotopic (exact) mass is 470 g/mol. The zero-order valence-electron chi connectivity index (χ0n) is 15.6. The molecule has 8 heteroatoms. The summed E-state index contributed by atoms with van der Waals surface area (Å²) in [5, 5.41) is 7.51. The van der Waals surface area contributed by atoms with Crippen LogP contribution in [-0.2, 0) is 20.1 Å². The first-order valence-corrected chi connectivity index (χ1v) is 8.66. The third-order valence-electron chi connectivity index (χ3n) is 4.51. The number of hydrogen-bond acceptors (Lipinski definition) is 4. The second-order valence-electron chi connectivity index (χ2n) is 6.34. The van der Waals surface area contributed by atoms with Gasteiger partial charge in [-0.05, 0) is 25.3 Å². The van der Waals surface area contributed by atoms with Crippen LogP contribution in [0.1, 0.15) is 30.7 Å². The van der Waals surface area contributed by atoms with Crippen molar-refractivity contribution in [2.75, 3.05) is 14.1 Å². The van der Waals surface area contributed by atoms with Crippen molar-refractivity contribution >= 4 is 29.9 Å². The number of nitrogens with zero attached hydrogens (tertiary/aromatic N) is 5. The third kappa shape index (κ3) is 5.09. The Morgan fingerprint density at radius 1 is 1.38 bits per heavy atom. The van der Waals surface area contributed by atoms with Crippen molar-refractivity contribution in [1.82, 2.24) is 25.0 Å². The number of guanidine groups is 1. The fourth-order valence-electron chi connectivity index (χ4n) is 2.74. The van der Waals surface area contributed by atoms with Gasteiger partial charge in [-0.2, -0.15) is 5.10 Å². The van der Waals surface area contributed by atoms with Crippen molar-refractivity contribution in [2.24, 2.45) is 12.0 Å². The van der Waals surface area contributed by atoms with Crippen LogP contribution in [-0.4, -0.2) is 45.8 Å². The summed E-state index contributed by atoms with van der Waals surface area (Å²) in [6.45, 7) is 1.30. The Bertz CT molecular complexity index is 728. The van der Waals surface area contributed by atoms with Crippen LogP contribution in [0.5, 0.6) is 5.75 Å². The second kappa shape index (κ2) is 9.75. The predicted molar refractivity (Wildman–Crippen MR) is 113 cm³/mol. The molecule has 1 aliphatic rings. The van der Waals surface area contributed by atoms with Crippen LogP contribution in [0.3, 0.4) is 0 Å². The fourth-order valence-corrected chi connectivity index (χ4v) is 2.74. The second-order valence-corrected chi connectivity index (χ2v) is 6.34. The lowest BCUT2D eigenvalue weighted by Crippen LogP contribution is -2.38. The minimum Gasteiger partial charge on any atom is -0.490 e. The lowest BCUT2D eigenvalue weighted by Gasteiger charge is -2.28. The molecule has 0 aliphatic heterocycles. The minimum absolute atomic E-state index is 0. The Balaban J connectivity index is 0.00000243. The third-order valence-corrected chi connectivity index (χ3v) is 4.51. The van der Waals surface area contributed by atoms with Crippen molar-refractivity contribution in [2.45, 2.75) is 38.5 Å². The average molecular weight is 470 g/mol. The summed E-state index contributed by atoms with van der Waals surface area (Å²) in [6.07, 6.45) is 5.52. The van der Waals surface area contributed by atoms with E-state index in [0.717, 1.165) is 35.9 Å². The van der Waals surface area contributed by atoms with Crippen LogP contribution in [0.25, 0.3) is 0 Å². The molecule has 0 spiro atoms. The number of ether oxygens (including phenoxy) is 1. The number of aromatic nitrogens is 3. The Morgan fingerprint density at radius 3 is 2.77 bits per heavy atom. The molecule has 7 nitrogen and oxygen atoms in total. The number of halogens is 1. The molecule has 1 aromatic heterocycles. The fraction of sp³-hybridized carbons (Fsp3) is 0.500. The van der Waals surface area contributed by atoms with Gasteiger partial charge in [0.25, 0.3) is 0 Å². The van der Waals surface area contributed by atoms with Gasteiger partial charge < -0.3 is 15.0 Å². The predicted octanol–water partition coefficient (Wildman–Crippen LogP) is 2.57. The van der Waals surface area contributed by atoms with Gasteiger partial charge in [-0.15, -0.1) is 24.0 Å². The lowest BCUT2D eigenvalue weighted by atomic mass is 9.96. The van der Waals surface area contributed by atoms with Gasteiger partial charge in [0.2, 0.25) is 0 Å². The van der Waals surface area contributed by atoms with Crippen LogP contribution < -0.4 is 10.1 Å². The van der Waals surface area contributed by atoms with E-state index in [2.05, 4.69) is 26.5 Å². The molecule has 1 saturated carbocycles. The highest BCUT2D eigenvalue weighted by Crippen LogP contribution is 2.27. The summed E-state index contributed by atoms with van der Waals surface area (Å²) in [7, 11) is 5.66. The van der Waals surface area contributed by atoms with E-state index >= 15 is 0 Å². The van der Waals surface area contributed by atoms with Gasteiger partial charge in [0, 0.05) is 33.3 Å². The van der Waals surface area contributed by atoms with E-state index in [1.54, 1.807) is 18.1 Å². The topological polar surface area (TPSA) is 67.6 Å². The van der Waals surface area contributed by atoms with Crippen molar-refractivity contribution < 1.29 is 4.74 Å². The number of para-hydroxylation sites is 1. The summed E-state index contributed by atoms with van der Waals surface area (Å²) in [5.74, 6) is 2.66. The van der Waals surface area contributed by atoms with Gasteiger partial charge in [0.1, 0.15) is 17.9 Å². The Morgan fingerprint density at radius 2 is 2.15 bits per heavy atom. The first-order chi connectivity index (χ1) is 12.2. The van der Waals surface area contributed by atoms with Gasteiger partial charge in [-0.25, -0.2) is 4.98 Å². The molecule has 0 bridgehead atoms. The highest BCUT2D eigenvalue weighted by Gasteiger charge is 2.20. The summed E-state index contributed by atoms with van der Waals surface area (Å²) >= 11 is 0. The number of aryl methyl sites for hydroxylation is 1. The largest absolute Gasteiger partial charge is 0.490 e. The van der Waals surface area contributed by atoms with Crippen molar-refractivity contribution in [3.8, 4) is 5.75 Å². The van der Waals surface area contributed by atoms with Crippen LogP contribution in [0.2, 0.25) is 0 Å². The molecule has 0 saturated heterocycles. The molecular formula is C18H27IN6O. The van der Waals surface area contributed by atoms with Gasteiger partial charge in [0.05, 0.1) is 12.6 Å². The summed E-state index contributed by atoms with van der Waals surface area (Å²) in [5.41, 5.74) is 1.14. The molecule has 1 aromatic carbocycles. The van der Waals surface area contributed by atoms with Gasteiger partial charge in [-0.1, -0.05) is 18.2 Å². The van der Waals surface area contributed by atoms with E-state index < -0.39 is 0 Å². The molecule has 0 radical (unpaired) electrons. The zero-order chi connectivity index (χ0) is 17.6. The van der Waals surface area contributed by atoms with E-state index in [1.165, 1.54) is 6.42 Å². The molecule has 142 valence electrons. The molecule has 1 N–H and O–H groups in total. The molecule has 1 fully saturated rings. The maximum atomic E-state index is 6.09.